The van der Waals surface area contributed by atoms with Crippen molar-refractivity contribution < 1.29 is 27.4 Å². The molecule has 9 heteroatoms. The Balaban J connectivity index is 1.71. The first-order valence-electron chi connectivity index (χ1n) is 11.0. The summed E-state index contributed by atoms with van der Waals surface area (Å²) in [5.41, 5.74) is 3.16. The molecule has 1 aliphatic rings. The van der Waals surface area contributed by atoms with Crippen molar-refractivity contribution in [3.63, 3.8) is 0 Å². The second-order valence-corrected chi connectivity index (χ2v) is 10.1. The van der Waals surface area contributed by atoms with E-state index in [9.17, 15) is 13.2 Å². The molecule has 0 spiro atoms. The average molecular weight is 497 g/mol. The van der Waals surface area contributed by atoms with E-state index in [4.69, 9.17) is 14.2 Å². The van der Waals surface area contributed by atoms with Crippen LogP contribution in [0.2, 0.25) is 0 Å². The Kier molecular flexibility index (Phi) is 7.00. The molecule has 1 amide bonds. The smallest absolute Gasteiger partial charge is 0.244 e. The Morgan fingerprint density at radius 2 is 1.51 bits per heavy atom. The first-order chi connectivity index (χ1) is 16.8. The molecule has 0 saturated heterocycles. The van der Waals surface area contributed by atoms with Crippen molar-refractivity contribution in [1.29, 1.82) is 0 Å². The van der Waals surface area contributed by atoms with Gasteiger partial charge in [0.2, 0.25) is 21.7 Å². The summed E-state index contributed by atoms with van der Waals surface area (Å²) in [6.07, 6.45) is 0.248. The van der Waals surface area contributed by atoms with Crippen molar-refractivity contribution in [3.05, 3.63) is 77.4 Å². The highest BCUT2D eigenvalue weighted by Gasteiger charge is 2.39. The minimum absolute atomic E-state index is 0.0969. The molecule has 8 nitrogen and oxygen atoms in total. The van der Waals surface area contributed by atoms with E-state index in [1.54, 1.807) is 36.4 Å². The van der Waals surface area contributed by atoms with Crippen LogP contribution >= 0.6 is 0 Å². The fourth-order valence-electron chi connectivity index (χ4n) is 4.20. The van der Waals surface area contributed by atoms with E-state index in [2.05, 4.69) is 5.32 Å². The molecule has 0 saturated carbocycles. The number of hydrogen-bond acceptors (Lipinski definition) is 6. The molecular weight excluding hydrogens is 468 g/mol. The van der Waals surface area contributed by atoms with Gasteiger partial charge >= 0.3 is 0 Å². The lowest BCUT2D eigenvalue weighted by Gasteiger charge is -2.35. The van der Waals surface area contributed by atoms with Gasteiger partial charge in [-0.15, -0.1) is 0 Å². The van der Waals surface area contributed by atoms with Gasteiger partial charge in [-0.25, -0.2) is 8.42 Å². The fraction of sp³-hybridized carbons (Fsp3) is 0.269. The van der Waals surface area contributed by atoms with Crippen LogP contribution in [0.3, 0.4) is 0 Å². The lowest BCUT2D eigenvalue weighted by atomic mass is 9.95. The maximum absolute atomic E-state index is 13.6. The van der Waals surface area contributed by atoms with Gasteiger partial charge in [0.1, 0.15) is 6.04 Å². The number of ether oxygens (including phenoxy) is 3. The number of benzene rings is 3. The summed E-state index contributed by atoms with van der Waals surface area (Å²) in [4.78, 5) is 13.7. The maximum atomic E-state index is 13.6. The highest BCUT2D eigenvalue weighted by Crippen LogP contribution is 2.40. The number of aryl methyl sites for hydroxylation is 1. The topological polar surface area (TPSA) is 94.2 Å². The molecule has 0 fully saturated rings. The van der Waals surface area contributed by atoms with E-state index in [-0.39, 0.29) is 17.9 Å². The largest absolute Gasteiger partial charge is 0.493 e. The normalized spacial score (nSPS) is 15.7. The molecule has 0 radical (unpaired) electrons. The first-order valence-corrected chi connectivity index (χ1v) is 12.5. The lowest BCUT2D eigenvalue weighted by molar-refractivity contribution is -0.120. The fourth-order valence-corrected chi connectivity index (χ4v) is 5.76. The van der Waals surface area contributed by atoms with Gasteiger partial charge in [0.15, 0.2) is 11.5 Å². The van der Waals surface area contributed by atoms with E-state index < -0.39 is 22.0 Å². The molecule has 4 rings (SSSR count). The average Bonchev–Trinajstić information content (AvgIpc) is 2.87. The number of hydrogen-bond donors (Lipinski definition) is 1. The SMILES string of the molecule is COc1cc(NC(=O)[C@H]2Cc3ccccc3CN2S(=O)(=O)c2ccc(C)cc2)cc(OC)c1OC. The molecule has 1 atom stereocenters. The van der Waals surface area contributed by atoms with Gasteiger partial charge in [0.05, 0.1) is 26.2 Å². The number of amides is 1. The van der Waals surface area contributed by atoms with Crippen LogP contribution in [0.1, 0.15) is 16.7 Å². The Morgan fingerprint density at radius 1 is 0.914 bits per heavy atom. The number of methoxy groups -OCH3 is 3. The van der Waals surface area contributed by atoms with Crippen LogP contribution in [-0.4, -0.2) is 46.0 Å². The number of nitrogens with one attached hydrogen (secondary N) is 1. The van der Waals surface area contributed by atoms with Crippen LogP contribution in [0.15, 0.2) is 65.6 Å². The molecule has 1 aliphatic heterocycles. The van der Waals surface area contributed by atoms with Gasteiger partial charge in [0, 0.05) is 24.4 Å². The highest BCUT2D eigenvalue weighted by molar-refractivity contribution is 7.89. The summed E-state index contributed by atoms with van der Waals surface area (Å²) in [5, 5.41) is 2.85. The zero-order valence-electron chi connectivity index (χ0n) is 20.1. The third kappa shape index (κ3) is 4.82. The third-order valence-electron chi connectivity index (χ3n) is 6.07. The van der Waals surface area contributed by atoms with Crippen molar-refractivity contribution in [2.75, 3.05) is 26.6 Å². The second kappa shape index (κ2) is 9.97. The van der Waals surface area contributed by atoms with Gasteiger partial charge in [-0.2, -0.15) is 4.31 Å². The van der Waals surface area contributed by atoms with E-state index in [1.807, 2.05) is 31.2 Å². The van der Waals surface area contributed by atoms with Crippen molar-refractivity contribution in [2.45, 2.75) is 30.8 Å². The van der Waals surface area contributed by atoms with E-state index in [0.29, 0.717) is 22.9 Å². The number of rotatable bonds is 7. The standard InChI is InChI=1S/C26H28N2O6S/c1-17-9-11-21(12-10-17)35(30,31)28-16-19-8-6-5-7-18(19)13-22(28)26(29)27-20-14-23(32-2)25(34-4)24(15-20)33-3/h5-12,14-15,22H,13,16H2,1-4H3,(H,27,29)/t22-/m1/s1. The molecule has 0 aliphatic carbocycles. The molecule has 35 heavy (non-hydrogen) atoms. The molecule has 3 aromatic rings. The monoisotopic (exact) mass is 496 g/mol. The minimum atomic E-state index is -3.94. The zero-order valence-corrected chi connectivity index (χ0v) is 20.9. The minimum Gasteiger partial charge on any atom is -0.493 e. The van der Waals surface area contributed by atoms with Gasteiger partial charge in [-0.05, 0) is 36.6 Å². The van der Waals surface area contributed by atoms with Crippen molar-refractivity contribution in [1.82, 2.24) is 4.31 Å². The number of nitrogens with zero attached hydrogens (tertiary/aromatic N) is 1. The lowest BCUT2D eigenvalue weighted by Crippen LogP contribution is -2.50. The number of sulfonamides is 1. The van der Waals surface area contributed by atoms with E-state index in [0.717, 1.165) is 16.7 Å². The summed E-state index contributed by atoms with van der Waals surface area (Å²) in [6.45, 7) is 1.99. The number of carbonyl (C=O) groups excluding carboxylic acids is 1. The van der Waals surface area contributed by atoms with Gasteiger partial charge < -0.3 is 19.5 Å². The predicted molar refractivity (Wildman–Crippen MR) is 133 cm³/mol. The molecule has 184 valence electrons. The van der Waals surface area contributed by atoms with Crippen LogP contribution in [0, 0.1) is 6.92 Å². The molecule has 1 N–H and O–H groups in total. The number of carbonyl (C=O) groups is 1. The molecular formula is C26H28N2O6S. The Hall–Kier alpha value is -3.56. The molecule has 0 aromatic heterocycles. The summed E-state index contributed by atoms with van der Waals surface area (Å²) in [5.74, 6) is 0.688. The Morgan fingerprint density at radius 3 is 2.09 bits per heavy atom. The molecule has 1 heterocycles. The van der Waals surface area contributed by atoms with Gasteiger partial charge in [0.25, 0.3) is 0 Å². The summed E-state index contributed by atoms with van der Waals surface area (Å²) >= 11 is 0. The Bertz CT molecular complexity index is 1310. The van der Waals surface area contributed by atoms with Gasteiger partial charge in [-0.3, -0.25) is 4.79 Å². The molecule has 0 unspecified atom stereocenters. The van der Waals surface area contributed by atoms with Crippen LogP contribution in [-0.2, 0) is 27.8 Å². The van der Waals surface area contributed by atoms with Crippen LogP contribution in [0.5, 0.6) is 17.2 Å². The van der Waals surface area contributed by atoms with Crippen molar-refractivity contribution >= 4 is 21.6 Å². The van der Waals surface area contributed by atoms with Crippen molar-refractivity contribution in [3.8, 4) is 17.2 Å². The van der Waals surface area contributed by atoms with E-state index in [1.165, 1.54) is 25.6 Å². The van der Waals surface area contributed by atoms with Crippen molar-refractivity contribution in [2.24, 2.45) is 0 Å². The highest BCUT2D eigenvalue weighted by atomic mass is 32.2. The third-order valence-corrected chi connectivity index (χ3v) is 7.94. The molecule has 3 aromatic carbocycles. The Labute approximate surface area is 205 Å². The first kappa shape index (κ1) is 24.6. The summed E-state index contributed by atoms with van der Waals surface area (Å²) in [6, 6.07) is 16.5. The predicted octanol–water partition coefficient (Wildman–Crippen LogP) is 3.78. The van der Waals surface area contributed by atoms with Crippen LogP contribution in [0.25, 0.3) is 0 Å². The summed E-state index contributed by atoms with van der Waals surface area (Å²) in [7, 11) is 0.517. The van der Waals surface area contributed by atoms with Crippen LogP contribution in [0.4, 0.5) is 5.69 Å². The van der Waals surface area contributed by atoms with Gasteiger partial charge in [-0.1, -0.05) is 42.0 Å². The zero-order chi connectivity index (χ0) is 25.2. The quantitative estimate of drug-likeness (QED) is 0.535. The number of anilines is 1. The summed E-state index contributed by atoms with van der Waals surface area (Å²) < 4.78 is 44.7. The van der Waals surface area contributed by atoms with Crippen LogP contribution < -0.4 is 19.5 Å². The maximum Gasteiger partial charge on any atom is 0.244 e. The van der Waals surface area contributed by atoms with E-state index >= 15 is 0 Å². The molecule has 0 bridgehead atoms. The second-order valence-electron chi connectivity index (χ2n) is 8.26. The number of fused-ring (bicyclic) bond motifs is 1.